The second kappa shape index (κ2) is 4.91. The standard InChI is InChI=1S/C17H16N2S/c1-2-6-11-19-15-9-5-4-8-14(15)18-17(19)16-13(7-3-1)10-12-20-16/h1-2,4-5,8-10,12H,3,6-7,11H2/b2-1+. The van der Waals surface area contributed by atoms with Crippen molar-refractivity contribution in [2.24, 2.45) is 0 Å². The number of nitrogens with zero attached hydrogens (tertiary/aromatic N) is 2. The van der Waals surface area contributed by atoms with Gasteiger partial charge in [0.25, 0.3) is 0 Å². The highest BCUT2D eigenvalue weighted by atomic mass is 32.1. The molecule has 3 heteroatoms. The molecular formula is C17H16N2S. The van der Waals surface area contributed by atoms with Gasteiger partial charge in [0.2, 0.25) is 0 Å². The van der Waals surface area contributed by atoms with Crippen LogP contribution in [0.25, 0.3) is 21.7 Å². The summed E-state index contributed by atoms with van der Waals surface area (Å²) in [6.45, 7) is 1.00. The van der Waals surface area contributed by atoms with E-state index in [-0.39, 0.29) is 0 Å². The van der Waals surface area contributed by atoms with Crippen molar-refractivity contribution in [3.63, 3.8) is 0 Å². The van der Waals surface area contributed by atoms with Crippen LogP contribution in [0.5, 0.6) is 0 Å². The number of aromatic nitrogens is 2. The van der Waals surface area contributed by atoms with Gasteiger partial charge in [0, 0.05) is 6.54 Å². The zero-order valence-corrected chi connectivity index (χ0v) is 12.1. The number of benzene rings is 1. The van der Waals surface area contributed by atoms with E-state index in [0.29, 0.717) is 0 Å². The van der Waals surface area contributed by atoms with Crippen molar-refractivity contribution in [2.45, 2.75) is 25.8 Å². The van der Waals surface area contributed by atoms with Crippen LogP contribution in [0.1, 0.15) is 18.4 Å². The summed E-state index contributed by atoms with van der Waals surface area (Å²) < 4.78 is 2.38. The largest absolute Gasteiger partial charge is 0.323 e. The van der Waals surface area contributed by atoms with Crippen molar-refractivity contribution in [1.82, 2.24) is 9.55 Å². The Balaban J connectivity index is 1.99. The zero-order chi connectivity index (χ0) is 13.4. The van der Waals surface area contributed by atoms with Gasteiger partial charge in [-0.1, -0.05) is 24.3 Å². The van der Waals surface area contributed by atoms with Crippen LogP contribution in [0, 0.1) is 0 Å². The number of rotatable bonds is 0. The van der Waals surface area contributed by atoms with Crippen molar-refractivity contribution in [3.05, 3.63) is 53.4 Å². The molecular weight excluding hydrogens is 264 g/mol. The van der Waals surface area contributed by atoms with Crippen LogP contribution in [0.4, 0.5) is 0 Å². The molecule has 1 aliphatic heterocycles. The highest BCUT2D eigenvalue weighted by Crippen LogP contribution is 2.33. The minimum atomic E-state index is 1.00. The summed E-state index contributed by atoms with van der Waals surface area (Å²) >= 11 is 1.81. The Morgan fingerprint density at radius 3 is 2.95 bits per heavy atom. The molecule has 0 radical (unpaired) electrons. The molecule has 4 rings (SSSR count). The van der Waals surface area contributed by atoms with Crippen LogP contribution in [0.15, 0.2) is 47.9 Å². The smallest absolute Gasteiger partial charge is 0.151 e. The monoisotopic (exact) mass is 280 g/mol. The first-order chi connectivity index (χ1) is 9.93. The third kappa shape index (κ3) is 1.90. The molecule has 0 atom stereocenters. The van der Waals surface area contributed by atoms with Crippen LogP contribution < -0.4 is 0 Å². The van der Waals surface area contributed by atoms with E-state index in [0.717, 1.165) is 37.1 Å². The van der Waals surface area contributed by atoms with Crippen molar-refractivity contribution in [2.75, 3.05) is 0 Å². The number of imidazole rings is 1. The average Bonchev–Trinajstić information content (AvgIpc) is 3.07. The molecule has 3 aromatic rings. The van der Waals surface area contributed by atoms with Crippen LogP contribution in [-0.4, -0.2) is 9.55 Å². The SMILES string of the molecule is C1=C/CCn2c(nc3ccccc32)-c2sccc2CC/1. The lowest BCUT2D eigenvalue weighted by molar-refractivity contribution is 0.734. The fourth-order valence-corrected chi connectivity index (χ4v) is 3.83. The number of aryl methyl sites for hydroxylation is 2. The molecule has 0 saturated heterocycles. The van der Waals surface area contributed by atoms with Crippen LogP contribution in [0.2, 0.25) is 0 Å². The zero-order valence-electron chi connectivity index (χ0n) is 11.2. The van der Waals surface area contributed by atoms with Gasteiger partial charge in [0.05, 0.1) is 15.9 Å². The Bertz CT molecular complexity index is 779. The van der Waals surface area contributed by atoms with Crippen LogP contribution in [-0.2, 0) is 13.0 Å². The van der Waals surface area contributed by atoms with Crippen molar-refractivity contribution < 1.29 is 0 Å². The molecule has 0 bridgehead atoms. The molecule has 100 valence electrons. The second-order valence-corrected chi connectivity index (χ2v) is 6.07. The minimum absolute atomic E-state index is 1.00. The number of thiophene rings is 1. The summed E-state index contributed by atoms with van der Waals surface area (Å²) in [6, 6.07) is 10.7. The normalized spacial score (nSPS) is 16.6. The van der Waals surface area contributed by atoms with Gasteiger partial charge in [-0.3, -0.25) is 0 Å². The molecule has 0 unspecified atom stereocenters. The molecule has 1 aliphatic rings. The number of hydrogen-bond donors (Lipinski definition) is 0. The van der Waals surface area contributed by atoms with E-state index in [2.05, 4.69) is 52.4 Å². The van der Waals surface area contributed by atoms with Gasteiger partial charge in [-0.2, -0.15) is 0 Å². The molecule has 0 saturated carbocycles. The number of fused-ring (bicyclic) bond motifs is 5. The van der Waals surface area contributed by atoms with Gasteiger partial charge in [-0.05, 0) is 48.4 Å². The Morgan fingerprint density at radius 2 is 1.95 bits per heavy atom. The Hall–Kier alpha value is -1.87. The Labute approximate surface area is 122 Å². The molecule has 3 heterocycles. The topological polar surface area (TPSA) is 17.8 Å². The number of para-hydroxylation sites is 2. The highest BCUT2D eigenvalue weighted by molar-refractivity contribution is 7.13. The van der Waals surface area contributed by atoms with Crippen molar-refractivity contribution in [3.8, 4) is 10.7 Å². The van der Waals surface area contributed by atoms with E-state index in [9.17, 15) is 0 Å². The van der Waals surface area contributed by atoms with Crippen molar-refractivity contribution in [1.29, 1.82) is 0 Å². The van der Waals surface area contributed by atoms with Gasteiger partial charge in [0.15, 0.2) is 5.82 Å². The van der Waals surface area contributed by atoms with E-state index in [1.54, 1.807) is 0 Å². The summed E-state index contributed by atoms with van der Waals surface area (Å²) in [5.41, 5.74) is 3.78. The third-order valence-corrected chi connectivity index (χ3v) is 4.82. The minimum Gasteiger partial charge on any atom is -0.323 e. The maximum absolute atomic E-state index is 4.89. The predicted molar refractivity (Wildman–Crippen MR) is 85.1 cm³/mol. The number of allylic oxidation sites excluding steroid dienone is 2. The summed E-state index contributed by atoms with van der Waals surface area (Å²) in [6.07, 6.45) is 7.93. The maximum atomic E-state index is 4.89. The molecule has 1 aromatic carbocycles. The molecule has 0 amide bonds. The maximum Gasteiger partial charge on any atom is 0.151 e. The lowest BCUT2D eigenvalue weighted by atomic mass is 10.1. The predicted octanol–water partition coefficient (Wildman–Crippen LogP) is 4.66. The van der Waals surface area contributed by atoms with Gasteiger partial charge in [0.1, 0.15) is 0 Å². The van der Waals surface area contributed by atoms with Crippen molar-refractivity contribution >= 4 is 22.4 Å². The van der Waals surface area contributed by atoms with E-state index in [1.807, 2.05) is 11.3 Å². The van der Waals surface area contributed by atoms with E-state index in [1.165, 1.54) is 16.0 Å². The third-order valence-electron chi connectivity index (χ3n) is 3.87. The van der Waals surface area contributed by atoms with E-state index >= 15 is 0 Å². The second-order valence-electron chi connectivity index (χ2n) is 5.15. The molecule has 0 N–H and O–H groups in total. The van der Waals surface area contributed by atoms with Gasteiger partial charge in [-0.25, -0.2) is 4.98 Å². The fourth-order valence-electron chi connectivity index (χ4n) is 2.88. The quantitative estimate of drug-likeness (QED) is 0.548. The first kappa shape index (κ1) is 11.9. The van der Waals surface area contributed by atoms with E-state index < -0.39 is 0 Å². The summed E-state index contributed by atoms with van der Waals surface area (Å²) in [7, 11) is 0. The Morgan fingerprint density at radius 1 is 1.05 bits per heavy atom. The summed E-state index contributed by atoms with van der Waals surface area (Å²) in [4.78, 5) is 6.23. The Kier molecular flexibility index (Phi) is 2.92. The van der Waals surface area contributed by atoms with Gasteiger partial charge >= 0.3 is 0 Å². The lowest BCUT2D eigenvalue weighted by Crippen LogP contribution is -2.01. The van der Waals surface area contributed by atoms with Gasteiger partial charge < -0.3 is 4.57 Å². The molecule has 2 aromatic heterocycles. The van der Waals surface area contributed by atoms with Crippen LogP contribution >= 0.6 is 11.3 Å². The molecule has 0 spiro atoms. The molecule has 20 heavy (non-hydrogen) atoms. The molecule has 2 nitrogen and oxygen atoms in total. The lowest BCUT2D eigenvalue weighted by Gasteiger charge is -2.10. The van der Waals surface area contributed by atoms with Gasteiger partial charge in [-0.15, -0.1) is 11.3 Å². The summed E-state index contributed by atoms with van der Waals surface area (Å²) in [5.74, 6) is 1.14. The fraction of sp³-hybridized carbons (Fsp3) is 0.235. The first-order valence-corrected chi connectivity index (χ1v) is 7.98. The average molecular weight is 280 g/mol. The molecule has 0 fully saturated rings. The highest BCUT2D eigenvalue weighted by Gasteiger charge is 2.16. The first-order valence-electron chi connectivity index (χ1n) is 7.10. The van der Waals surface area contributed by atoms with Crippen LogP contribution in [0.3, 0.4) is 0 Å². The van der Waals surface area contributed by atoms with E-state index in [4.69, 9.17) is 4.98 Å². The number of hydrogen-bond acceptors (Lipinski definition) is 2. The molecule has 0 aliphatic carbocycles. The summed E-state index contributed by atoms with van der Waals surface area (Å²) in [5, 5.41) is 2.19.